The van der Waals surface area contributed by atoms with Crippen LogP contribution >= 0.6 is 0 Å². The molecule has 0 radical (unpaired) electrons. The fraction of sp³-hybridized carbons (Fsp3) is 0.500. The fourth-order valence-corrected chi connectivity index (χ4v) is 2.11. The van der Waals surface area contributed by atoms with Crippen LogP contribution in [0.15, 0.2) is 28.7 Å². The highest BCUT2D eigenvalue weighted by atomic mass is 16.7. The van der Waals surface area contributed by atoms with E-state index in [1.807, 2.05) is 65.8 Å². The molecule has 1 saturated heterocycles. The quantitative estimate of drug-likeness (QED) is 0.857. The molecule has 1 aromatic heterocycles. The number of nitrogens with zero attached hydrogens (tertiary/aromatic N) is 2. The molecule has 3 rings (SSSR count). The average Bonchev–Trinajstić information content (AvgIpc) is 3.03. The van der Waals surface area contributed by atoms with E-state index in [9.17, 15) is 0 Å². The van der Waals surface area contributed by atoms with Gasteiger partial charge < -0.3 is 19.5 Å². The van der Waals surface area contributed by atoms with Crippen LogP contribution in [0.4, 0.5) is 6.01 Å². The number of nitrogens with two attached hydrogens (primary N) is 1. The lowest BCUT2D eigenvalue weighted by atomic mass is 9.79. The second-order valence-electron chi connectivity index (χ2n) is 6.16. The molecule has 6 nitrogen and oxygen atoms in total. The Kier molecular flexibility index (Phi) is 4.82. The summed E-state index contributed by atoms with van der Waals surface area (Å²) in [6.45, 7) is 12.1. The Bertz CT molecular complexity index is 637. The Morgan fingerprint density at radius 2 is 1.43 bits per heavy atom. The molecule has 0 atom stereocenters. The molecule has 7 heteroatoms. The number of rotatable bonds is 2. The van der Waals surface area contributed by atoms with Crippen molar-refractivity contribution in [1.82, 2.24) is 10.2 Å². The zero-order chi connectivity index (χ0) is 17.3. The van der Waals surface area contributed by atoms with E-state index in [-0.39, 0.29) is 24.3 Å². The summed E-state index contributed by atoms with van der Waals surface area (Å²) in [7, 11) is -0.378. The van der Waals surface area contributed by atoms with Crippen molar-refractivity contribution in [2.24, 2.45) is 0 Å². The standard InChI is InChI=1S/C14H18BN3O3.C2H6/c1-13(2)14(3,4)21-15(20-13)10-7-5-9(6-8-10)11-17-18-12(16)19-11;1-2/h5-8H,1-4H3,(H2,16,18);1-2H3. The second-order valence-corrected chi connectivity index (χ2v) is 6.16. The second kappa shape index (κ2) is 6.33. The van der Waals surface area contributed by atoms with Crippen molar-refractivity contribution in [1.29, 1.82) is 0 Å². The van der Waals surface area contributed by atoms with Gasteiger partial charge in [0.25, 0.3) is 0 Å². The Balaban J connectivity index is 0.000000924. The van der Waals surface area contributed by atoms with E-state index in [1.54, 1.807) is 0 Å². The number of benzene rings is 1. The molecule has 0 aliphatic carbocycles. The van der Waals surface area contributed by atoms with Gasteiger partial charge in [0, 0.05) is 5.56 Å². The molecule has 1 aliphatic heterocycles. The lowest BCUT2D eigenvalue weighted by molar-refractivity contribution is 0.00578. The van der Waals surface area contributed by atoms with Gasteiger partial charge in [-0.15, -0.1) is 5.10 Å². The third-order valence-electron chi connectivity index (χ3n) is 4.12. The molecule has 2 aromatic rings. The molecular formula is C16H24BN3O3. The molecule has 0 saturated carbocycles. The van der Waals surface area contributed by atoms with E-state index >= 15 is 0 Å². The third kappa shape index (κ3) is 3.40. The van der Waals surface area contributed by atoms with E-state index in [1.165, 1.54) is 0 Å². The van der Waals surface area contributed by atoms with Crippen LogP contribution < -0.4 is 11.2 Å². The maximum atomic E-state index is 6.01. The summed E-state index contributed by atoms with van der Waals surface area (Å²) in [6, 6.07) is 7.68. The minimum Gasteiger partial charge on any atom is -0.404 e. The molecule has 0 spiro atoms. The summed E-state index contributed by atoms with van der Waals surface area (Å²) < 4.78 is 17.2. The topological polar surface area (TPSA) is 83.4 Å². The first-order valence-electron chi connectivity index (χ1n) is 7.83. The minimum absolute atomic E-state index is 0.0556. The van der Waals surface area contributed by atoms with Crippen LogP contribution in [0.5, 0.6) is 0 Å². The molecule has 2 heterocycles. The van der Waals surface area contributed by atoms with Gasteiger partial charge in [0.05, 0.1) is 11.2 Å². The smallest absolute Gasteiger partial charge is 0.404 e. The van der Waals surface area contributed by atoms with E-state index < -0.39 is 0 Å². The van der Waals surface area contributed by atoms with Gasteiger partial charge in [-0.1, -0.05) is 31.1 Å². The van der Waals surface area contributed by atoms with E-state index in [0.29, 0.717) is 5.89 Å². The lowest BCUT2D eigenvalue weighted by Gasteiger charge is -2.32. The van der Waals surface area contributed by atoms with Crippen LogP contribution in [-0.2, 0) is 9.31 Å². The normalized spacial score (nSPS) is 18.4. The fourth-order valence-electron chi connectivity index (χ4n) is 2.11. The summed E-state index contributed by atoms with van der Waals surface area (Å²) in [5.41, 5.74) is 6.48. The highest BCUT2D eigenvalue weighted by Crippen LogP contribution is 2.36. The number of hydrogen-bond acceptors (Lipinski definition) is 6. The van der Waals surface area contributed by atoms with Crippen LogP contribution in [0.2, 0.25) is 0 Å². The Labute approximate surface area is 137 Å². The van der Waals surface area contributed by atoms with Gasteiger partial charge in [-0.25, -0.2) is 0 Å². The van der Waals surface area contributed by atoms with Crippen LogP contribution in [-0.4, -0.2) is 28.5 Å². The first kappa shape index (κ1) is 17.5. The van der Waals surface area contributed by atoms with Crippen molar-refractivity contribution in [3.8, 4) is 11.5 Å². The highest BCUT2D eigenvalue weighted by molar-refractivity contribution is 6.62. The predicted octanol–water partition coefficient (Wildman–Crippen LogP) is 2.64. The van der Waals surface area contributed by atoms with Gasteiger partial charge in [-0.05, 0) is 45.3 Å². The molecule has 1 aromatic carbocycles. The zero-order valence-corrected chi connectivity index (χ0v) is 14.6. The van der Waals surface area contributed by atoms with Crippen molar-refractivity contribution in [2.45, 2.75) is 52.7 Å². The monoisotopic (exact) mass is 317 g/mol. The van der Waals surface area contributed by atoms with Crippen molar-refractivity contribution in [3.05, 3.63) is 24.3 Å². The summed E-state index contributed by atoms with van der Waals surface area (Å²) >= 11 is 0. The van der Waals surface area contributed by atoms with Crippen LogP contribution in [0, 0.1) is 0 Å². The molecule has 1 fully saturated rings. The van der Waals surface area contributed by atoms with E-state index in [0.717, 1.165) is 11.0 Å². The summed E-state index contributed by atoms with van der Waals surface area (Å²) in [4.78, 5) is 0. The average molecular weight is 317 g/mol. The van der Waals surface area contributed by atoms with Crippen LogP contribution in [0.25, 0.3) is 11.5 Å². The summed E-state index contributed by atoms with van der Waals surface area (Å²) in [6.07, 6.45) is 0. The van der Waals surface area contributed by atoms with Gasteiger partial charge in [-0.2, -0.15) is 0 Å². The number of anilines is 1. The number of aromatic nitrogens is 2. The SMILES string of the molecule is CC.CC1(C)OB(c2ccc(-c3nnc(N)o3)cc2)OC1(C)C. The minimum atomic E-state index is -0.378. The lowest BCUT2D eigenvalue weighted by Crippen LogP contribution is -2.41. The Morgan fingerprint density at radius 1 is 0.913 bits per heavy atom. The van der Waals surface area contributed by atoms with Gasteiger partial charge in [0.15, 0.2) is 0 Å². The zero-order valence-electron chi connectivity index (χ0n) is 14.6. The maximum Gasteiger partial charge on any atom is 0.494 e. The first-order valence-corrected chi connectivity index (χ1v) is 7.83. The summed E-state index contributed by atoms with van der Waals surface area (Å²) in [5.74, 6) is 0.396. The first-order chi connectivity index (χ1) is 10.8. The largest absolute Gasteiger partial charge is 0.494 e. The summed E-state index contributed by atoms with van der Waals surface area (Å²) in [5, 5.41) is 7.50. The van der Waals surface area contributed by atoms with E-state index in [2.05, 4.69) is 10.2 Å². The van der Waals surface area contributed by atoms with Crippen molar-refractivity contribution in [2.75, 3.05) is 5.73 Å². The molecular weight excluding hydrogens is 293 g/mol. The van der Waals surface area contributed by atoms with Gasteiger partial charge >= 0.3 is 13.1 Å². The van der Waals surface area contributed by atoms with E-state index in [4.69, 9.17) is 19.5 Å². The molecule has 0 unspecified atom stereocenters. The number of hydrogen-bond donors (Lipinski definition) is 1. The maximum absolute atomic E-state index is 6.01. The van der Waals surface area contributed by atoms with Gasteiger partial charge in [0.2, 0.25) is 5.89 Å². The highest BCUT2D eigenvalue weighted by Gasteiger charge is 2.51. The van der Waals surface area contributed by atoms with Gasteiger partial charge in [-0.3, -0.25) is 0 Å². The van der Waals surface area contributed by atoms with Crippen LogP contribution in [0.3, 0.4) is 0 Å². The molecule has 23 heavy (non-hydrogen) atoms. The van der Waals surface area contributed by atoms with Crippen LogP contribution in [0.1, 0.15) is 41.5 Å². The molecule has 2 N–H and O–H groups in total. The molecule has 124 valence electrons. The van der Waals surface area contributed by atoms with Crippen molar-refractivity contribution >= 4 is 18.6 Å². The molecule has 1 aliphatic rings. The Morgan fingerprint density at radius 3 is 1.87 bits per heavy atom. The number of nitrogen functional groups attached to an aromatic ring is 1. The Hall–Kier alpha value is -1.86. The molecule has 0 amide bonds. The predicted molar refractivity (Wildman–Crippen MR) is 91.2 cm³/mol. The van der Waals surface area contributed by atoms with Crippen molar-refractivity contribution in [3.63, 3.8) is 0 Å². The third-order valence-corrected chi connectivity index (χ3v) is 4.12. The molecule has 0 bridgehead atoms. The van der Waals surface area contributed by atoms with Crippen molar-refractivity contribution < 1.29 is 13.7 Å². The van der Waals surface area contributed by atoms with Gasteiger partial charge in [0.1, 0.15) is 0 Å².